The van der Waals surface area contributed by atoms with E-state index in [0.717, 1.165) is 83.1 Å². The molecule has 2 N–H and O–H groups in total. The van der Waals surface area contributed by atoms with Crippen LogP contribution in [0.25, 0.3) is 0 Å². The van der Waals surface area contributed by atoms with Crippen molar-refractivity contribution in [1.29, 1.82) is 0 Å². The molecule has 7 atom stereocenters. The van der Waals surface area contributed by atoms with Crippen molar-refractivity contribution in [2.45, 2.75) is 121 Å². The summed E-state index contributed by atoms with van der Waals surface area (Å²) in [6, 6.07) is 6.35. The Morgan fingerprint density at radius 1 is 1.02 bits per heavy atom. The number of unbranched alkanes of at least 4 members (excludes halogenated alkanes) is 2. The molecule has 5 rings (SSSR count). The summed E-state index contributed by atoms with van der Waals surface area (Å²) in [5, 5.41) is 21.1. The van der Waals surface area contributed by atoms with Crippen molar-refractivity contribution in [3.8, 4) is 5.75 Å². The van der Waals surface area contributed by atoms with Gasteiger partial charge in [-0.05, 0) is 135 Å². The summed E-state index contributed by atoms with van der Waals surface area (Å²) in [7, 11) is 0. The summed E-state index contributed by atoms with van der Waals surface area (Å²) in [4.78, 5) is 2.49. The molecule has 3 fully saturated rings. The van der Waals surface area contributed by atoms with Crippen molar-refractivity contribution < 1.29 is 32.2 Å². The lowest BCUT2D eigenvalue weighted by molar-refractivity contribution is -0.284. The number of phenols is 1. The second kappa shape index (κ2) is 13.1. The first kappa shape index (κ1) is 32.3. The van der Waals surface area contributed by atoms with Crippen LogP contribution >= 0.6 is 11.8 Å². The highest BCUT2D eigenvalue weighted by atomic mass is 32.2. The van der Waals surface area contributed by atoms with Crippen LogP contribution in [0.3, 0.4) is 0 Å². The third-order valence-corrected chi connectivity index (χ3v) is 12.6. The minimum atomic E-state index is -5.46. The van der Waals surface area contributed by atoms with E-state index in [9.17, 15) is 32.2 Å². The number of benzene rings is 1. The number of rotatable bonds is 12. The molecule has 2 saturated carbocycles. The number of aliphatic hydroxyl groups is 1. The highest BCUT2D eigenvalue weighted by molar-refractivity contribution is 7.99. The van der Waals surface area contributed by atoms with E-state index in [2.05, 4.69) is 17.9 Å². The van der Waals surface area contributed by atoms with Crippen molar-refractivity contribution in [3.63, 3.8) is 0 Å². The summed E-state index contributed by atoms with van der Waals surface area (Å²) in [5.41, 5.74) is 2.75. The molecule has 0 unspecified atom stereocenters. The topological polar surface area (TPSA) is 43.7 Å². The average molecular weight is 618 g/mol. The standard InChI is InChI=1S/C33H48F5NO2S/c1-31-15-13-27-26-10-9-25(40)20-23(26)19-22(30(27)28(31)11-12-29(31)41)7-3-2-4-16-39-17-5-8-24(39)21-42-18-6-14-32(34,35)33(36,37)38/h9-10,20,22,24,27-30,40-41H,2-8,11-19,21H2,1H3/t22-,24+,27-,28+,29+,30-,31+/m1/s1. The monoisotopic (exact) mass is 617 g/mol. The molecule has 0 bridgehead atoms. The number of likely N-dealkylation sites (tertiary alicyclic amines) is 1. The van der Waals surface area contributed by atoms with E-state index in [1.807, 2.05) is 12.1 Å². The van der Waals surface area contributed by atoms with Gasteiger partial charge >= 0.3 is 12.1 Å². The third kappa shape index (κ3) is 6.78. The third-order valence-electron chi connectivity index (χ3n) is 11.4. The molecule has 0 radical (unpaired) electrons. The number of phenolic OH excluding ortho intramolecular Hbond substituents is 1. The van der Waals surface area contributed by atoms with Gasteiger partial charge in [0, 0.05) is 18.2 Å². The second-order valence-electron chi connectivity index (χ2n) is 13.8. The summed E-state index contributed by atoms with van der Waals surface area (Å²) in [6.45, 7) is 4.36. The molecule has 1 aromatic carbocycles. The predicted molar refractivity (Wildman–Crippen MR) is 158 cm³/mol. The molecule has 1 aromatic rings. The fraction of sp³-hybridized carbons (Fsp3) is 0.818. The van der Waals surface area contributed by atoms with Gasteiger partial charge in [0.15, 0.2) is 0 Å². The van der Waals surface area contributed by atoms with Crippen molar-refractivity contribution in [3.05, 3.63) is 29.3 Å². The summed E-state index contributed by atoms with van der Waals surface area (Å²) >= 11 is 1.50. The fourth-order valence-electron chi connectivity index (χ4n) is 9.06. The zero-order valence-corrected chi connectivity index (χ0v) is 25.7. The Balaban J connectivity index is 1.08. The van der Waals surface area contributed by atoms with E-state index < -0.39 is 18.5 Å². The molecule has 238 valence electrons. The fourth-order valence-corrected chi connectivity index (χ4v) is 10.2. The zero-order chi connectivity index (χ0) is 30.1. The van der Waals surface area contributed by atoms with Gasteiger partial charge in [0.1, 0.15) is 5.75 Å². The minimum absolute atomic E-state index is 0.0236. The lowest BCUT2D eigenvalue weighted by Gasteiger charge is -2.53. The highest BCUT2D eigenvalue weighted by Gasteiger charge is 2.57. The number of halogens is 5. The Morgan fingerprint density at radius 3 is 2.62 bits per heavy atom. The smallest absolute Gasteiger partial charge is 0.453 e. The van der Waals surface area contributed by atoms with Gasteiger partial charge in [0.2, 0.25) is 0 Å². The van der Waals surface area contributed by atoms with E-state index >= 15 is 0 Å². The quantitative estimate of drug-likeness (QED) is 0.182. The van der Waals surface area contributed by atoms with E-state index in [-0.39, 0.29) is 17.9 Å². The maximum atomic E-state index is 13.1. The van der Waals surface area contributed by atoms with Crippen LogP contribution in [0.2, 0.25) is 0 Å². The molecule has 1 saturated heterocycles. The molecule has 0 spiro atoms. The molecule has 9 heteroatoms. The van der Waals surface area contributed by atoms with Gasteiger partial charge in [-0.15, -0.1) is 0 Å². The van der Waals surface area contributed by atoms with E-state index in [4.69, 9.17) is 0 Å². The van der Waals surface area contributed by atoms with Crippen molar-refractivity contribution in [2.75, 3.05) is 24.6 Å². The maximum Gasteiger partial charge on any atom is 0.453 e. The van der Waals surface area contributed by atoms with Crippen LogP contribution in [-0.4, -0.2) is 64.0 Å². The van der Waals surface area contributed by atoms with Crippen LogP contribution in [-0.2, 0) is 6.42 Å². The number of thioether (sulfide) groups is 1. The van der Waals surface area contributed by atoms with Crippen molar-refractivity contribution in [2.24, 2.45) is 23.2 Å². The van der Waals surface area contributed by atoms with Gasteiger partial charge in [0.25, 0.3) is 0 Å². The first-order valence-electron chi connectivity index (χ1n) is 16.2. The Hall–Kier alpha value is -1.06. The molecule has 4 aliphatic rings. The number of aromatic hydroxyl groups is 1. The van der Waals surface area contributed by atoms with Gasteiger partial charge in [-0.2, -0.15) is 33.7 Å². The number of aliphatic hydroxyl groups excluding tert-OH is 1. The lowest BCUT2D eigenvalue weighted by atomic mass is 9.52. The Labute approximate surface area is 252 Å². The van der Waals surface area contributed by atoms with Crippen molar-refractivity contribution in [1.82, 2.24) is 4.90 Å². The van der Waals surface area contributed by atoms with E-state index in [0.29, 0.717) is 41.2 Å². The molecule has 42 heavy (non-hydrogen) atoms. The maximum absolute atomic E-state index is 13.1. The van der Waals surface area contributed by atoms with Crippen LogP contribution < -0.4 is 0 Å². The first-order chi connectivity index (χ1) is 19.9. The van der Waals surface area contributed by atoms with Gasteiger partial charge in [-0.25, -0.2) is 0 Å². The van der Waals surface area contributed by atoms with Crippen LogP contribution in [0.1, 0.15) is 101 Å². The second-order valence-corrected chi connectivity index (χ2v) is 15.0. The summed E-state index contributed by atoms with van der Waals surface area (Å²) in [5.74, 6) is -0.884. The Kier molecular flexibility index (Phi) is 10.1. The van der Waals surface area contributed by atoms with E-state index in [1.165, 1.54) is 29.3 Å². The molecule has 0 amide bonds. The minimum Gasteiger partial charge on any atom is -0.508 e. The molecule has 3 aliphatic carbocycles. The molecule has 0 aromatic heterocycles. The highest BCUT2D eigenvalue weighted by Crippen LogP contribution is 2.62. The van der Waals surface area contributed by atoms with Gasteiger partial charge in [-0.1, -0.05) is 25.8 Å². The predicted octanol–water partition coefficient (Wildman–Crippen LogP) is 8.57. The number of hydrogen-bond acceptors (Lipinski definition) is 4. The van der Waals surface area contributed by atoms with Crippen LogP contribution in [0, 0.1) is 23.2 Å². The number of hydrogen-bond donors (Lipinski definition) is 2. The Morgan fingerprint density at radius 2 is 1.83 bits per heavy atom. The van der Waals surface area contributed by atoms with Crippen molar-refractivity contribution >= 4 is 11.8 Å². The van der Waals surface area contributed by atoms with E-state index in [1.54, 1.807) is 0 Å². The SMILES string of the molecule is C[C@]12CC[C@@H]3c4ccc(O)cc4C[C@@H](CCCCCN4CCC[C@H]4CSCCCC(F)(F)C(F)(F)F)[C@H]3[C@@H]1CC[C@@H]2O. The molecular weight excluding hydrogens is 569 g/mol. The zero-order valence-electron chi connectivity index (χ0n) is 24.9. The number of nitrogens with zero attached hydrogens (tertiary/aromatic N) is 1. The van der Waals surface area contributed by atoms with Crippen LogP contribution in [0.5, 0.6) is 5.75 Å². The molecule has 1 heterocycles. The first-order valence-corrected chi connectivity index (χ1v) is 17.3. The van der Waals surface area contributed by atoms with Crippen LogP contribution in [0.15, 0.2) is 18.2 Å². The van der Waals surface area contributed by atoms with Gasteiger partial charge in [-0.3, -0.25) is 4.90 Å². The summed E-state index contributed by atoms with van der Waals surface area (Å²) in [6.07, 6.45) is 5.06. The normalized spacial score (nSPS) is 33.4. The van der Waals surface area contributed by atoms with Gasteiger partial charge < -0.3 is 10.2 Å². The molecular formula is C33H48F5NO2S. The Bertz CT molecular complexity index is 1050. The van der Waals surface area contributed by atoms with Crippen LogP contribution in [0.4, 0.5) is 22.0 Å². The largest absolute Gasteiger partial charge is 0.508 e. The molecule has 1 aliphatic heterocycles. The van der Waals surface area contributed by atoms with Gasteiger partial charge in [0.05, 0.1) is 6.10 Å². The molecule has 3 nitrogen and oxygen atoms in total. The average Bonchev–Trinajstić information content (AvgIpc) is 3.50. The number of fused-ring (bicyclic) bond motifs is 5. The number of alkyl halides is 5. The lowest BCUT2D eigenvalue weighted by Crippen LogP contribution is -2.47. The summed E-state index contributed by atoms with van der Waals surface area (Å²) < 4.78 is 63.4.